The molecular formula is C17H26N2O4S. The normalized spacial score (nSPS) is 30.8. The minimum absolute atomic E-state index is 0.119. The second-order valence-corrected chi connectivity index (χ2v) is 8.69. The summed E-state index contributed by atoms with van der Waals surface area (Å²) in [5.41, 5.74) is 6.62. The number of thioether (sulfide) groups is 1. The molecule has 7 heteroatoms. The monoisotopic (exact) mass is 354 g/mol. The highest BCUT2D eigenvalue weighted by Gasteiger charge is 2.52. The lowest BCUT2D eigenvalue weighted by atomic mass is 9.97. The van der Waals surface area contributed by atoms with Crippen molar-refractivity contribution in [2.75, 3.05) is 12.4 Å². The van der Waals surface area contributed by atoms with Crippen LogP contribution in [-0.4, -0.2) is 52.3 Å². The van der Waals surface area contributed by atoms with E-state index in [1.165, 1.54) is 4.90 Å². The van der Waals surface area contributed by atoms with Gasteiger partial charge in [-0.15, -0.1) is 11.8 Å². The van der Waals surface area contributed by atoms with Gasteiger partial charge in [0.15, 0.2) is 0 Å². The van der Waals surface area contributed by atoms with E-state index in [2.05, 4.69) is 0 Å². The van der Waals surface area contributed by atoms with Crippen LogP contribution in [0.15, 0.2) is 11.3 Å². The standard InChI is InChI=1S/C17H26N2O4S/c1-17(2,3)23-16(21)13-10(8-11-6-4-5-7-22-11)9-24-15-12(18)14(20)19(13)15/h11-12,15H,4-9,18H2,1-3H3/t11?,12?,15-/m1/s1. The molecule has 0 radical (unpaired) electrons. The molecule has 24 heavy (non-hydrogen) atoms. The summed E-state index contributed by atoms with van der Waals surface area (Å²) in [6.07, 6.45) is 4.02. The number of amides is 1. The van der Waals surface area contributed by atoms with Gasteiger partial charge >= 0.3 is 5.97 Å². The number of nitrogens with zero attached hydrogens (tertiary/aromatic N) is 1. The van der Waals surface area contributed by atoms with Gasteiger partial charge in [-0.2, -0.15) is 0 Å². The van der Waals surface area contributed by atoms with Crippen molar-refractivity contribution in [3.05, 3.63) is 11.3 Å². The first-order valence-corrected chi connectivity index (χ1v) is 9.60. The van der Waals surface area contributed by atoms with Crippen molar-refractivity contribution in [1.82, 2.24) is 4.90 Å². The SMILES string of the molecule is CC(C)(C)OC(=O)C1=C(CC2CCCCO2)CS[C@@H]2C(N)C(=O)N12. The molecule has 1 amide bonds. The Morgan fingerprint density at radius 2 is 2.17 bits per heavy atom. The molecular weight excluding hydrogens is 328 g/mol. The largest absolute Gasteiger partial charge is 0.455 e. The number of rotatable bonds is 3. The van der Waals surface area contributed by atoms with Crippen LogP contribution in [0.1, 0.15) is 46.5 Å². The van der Waals surface area contributed by atoms with Gasteiger partial charge in [0.25, 0.3) is 0 Å². The van der Waals surface area contributed by atoms with E-state index in [1.807, 2.05) is 20.8 Å². The molecule has 3 aliphatic heterocycles. The number of esters is 1. The maximum absolute atomic E-state index is 12.7. The van der Waals surface area contributed by atoms with E-state index in [1.54, 1.807) is 11.8 Å². The average Bonchev–Trinajstić information content (AvgIpc) is 2.53. The van der Waals surface area contributed by atoms with Gasteiger partial charge < -0.3 is 15.2 Å². The fourth-order valence-corrected chi connectivity index (χ4v) is 4.60. The Morgan fingerprint density at radius 1 is 1.42 bits per heavy atom. The lowest BCUT2D eigenvalue weighted by molar-refractivity contribution is -0.158. The Morgan fingerprint density at radius 3 is 2.79 bits per heavy atom. The van der Waals surface area contributed by atoms with Gasteiger partial charge in [-0.25, -0.2) is 4.79 Å². The molecule has 3 heterocycles. The van der Waals surface area contributed by atoms with Crippen LogP contribution < -0.4 is 5.73 Å². The first kappa shape index (κ1) is 17.8. The molecule has 0 aromatic heterocycles. The molecule has 2 N–H and O–H groups in total. The minimum atomic E-state index is -0.605. The quantitative estimate of drug-likeness (QED) is 0.615. The van der Waals surface area contributed by atoms with Gasteiger partial charge in [-0.05, 0) is 52.0 Å². The number of carbonyl (C=O) groups is 2. The fourth-order valence-electron chi connectivity index (χ4n) is 3.29. The van der Waals surface area contributed by atoms with Gasteiger partial charge in [0.1, 0.15) is 22.7 Å². The third kappa shape index (κ3) is 3.48. The Bertz CT molecular complexity index is 563. The Balaban J connectivity index is 1.86. The van der Waals surface area contributed by atoms with E-state index in [-0.39, 0.29) is 17.4 Å². The van der Waals surface area contributed by atoms with Crippen LogP contribution >= 0.6 is 11.8 Å². The smallest absolute Gasteiger partial charge is 0.355 e. The number of hydrogen-bond acceptors (Lipinski definition) is 6. The van der Waals surface area contributed by atoms with Crippen LogP contribution in [0.25, 0.3) is 0 Å². The summed E-state index contributed by atoms with van der Waals surface area (Å²) in [7, 11) is 0. The van der Waals surface area contributed by atoms with Gasteiger partial charge in [-0.1, -0.05) is 0 Å². The molecule has 3 atom stereocenters. The highest BCUT2D eigenvalue weighted by atomic mass is 32.2. The number of ether oxygens (including phenoxy) is 2. The van der Waals surface area contributed by atoms with Crippen LogP contribution in [0.4, 0.5) is 0 Å². The zero-order valence-electron chi connectivity index (χ0n) is 14.5. The molecule has 0 aromatic carbocycles. The summed E-state index contributed by atoms with van der Waals surface area (Å²) in [6, 6.07) is -0.528. The molecule has 134 valence electrons. The third-order valence-corrected chi connectivity index (χ3v) is 5.79. The number of β-lactam (4-membered cyclic amide) rings is 1. The lowest BCUT2D eigenvalue weighted by Crippen LogP contribution is -2.68. The Kier molecular flexibility index (Phi) is 4.95. The molecule has 0 aliphatic carbocycles. The van der Waals surface area contributed by atoms with E-state index in [9.17, 15) is 9.59 Å². The molecule has 2 fully saturated rings. The van der Waals surface area contributed by atoms with Gasteiger partial charge in [-0.3, -0.25) is 9.69 Å². The van der Waals surface area contributed by atoms with Crippen molar-refractivity contribution in [3.63, 3.8) is 0 Å². The highest BCUT2D eigenvalue weighted by Crippen LogP contribution is 2.41. The predicted octanol–water partition coefficient (Wildman–Crippen LogP) is 1.78. The van der Waals surface area contributed by atoms with E-state index >= 15 is 0 Å². The van der Waals surface area contributed by atoms with Gasteiger partial charge in [0.05, 0.1) is 6.10 Å². The number of nitrogens with two attached hydrogens (primary N) is 1. The maximum atomic E-state index is 12.7. The van der Waals surface area contributed by atoms with Gasteiger partial charge in [0, 0.05) is 12.4 Å². The van der Waals surface area contributed by atoms with Gasteiger partial charge in [0.2, 0.25) is 5.91 Å². The summed E-state index contributed by atoms with van der Waals surface area (Å²) >= 11 is 1.62. The Hall–Kier alpha value is -1.05. The van der Waals surface area contributed by atoms with E-state index in [4.69, 9.17) is 15.2 Å². The summed E-state index contributed by atoms with van der Waals surface area (Å²) in [5.74, 6) is 0.0605. The van der Waals surface area contributed by atoms with Crippen LogP contribution in [0.3, 0.4) is 0 Å². The first-order chi connectivity index (χ1) is 11.3. The summed E-state index contributed by atoms with van der Waals surface area (Å²) in [5, 5.41) is -0.156. The second-order valence-electron chi connectivity index (χ2n) is 7.58. The van der Waals surface area contributed by atoms with Crippen LogP contribution in [-0.2, 0) is 19.1 Å². The fraction of sp³-hybridized carbons (Fsp3) is 0.765. The van der Waals surface area contributed by atoms with Crippen molar-refractivity contribution >= 4 is 23.6 Å². The van der Waals surface area contributed by atoms with Crippen molar-refractivity contribution in [3.8, 4) is 0 Å². The third-order valence-electron chi connectivity index (χ3n) is 4.43. The molecule has 0 spiro atoms. The number of fused-ring (bicyclic) bond motifs is 1. The van der Waals surface area contributed by atoms with Crippen LogP contribution in [0.5, 0.6) is 0 Å². The van der Waals surface area contributed by atoms with E-state index in [0.717, 1.165) is 31.4 Å². The molecule has 3 aliphatic rings. The molecule has 0 aromatic rings. The highest BCUT2D eigenvalue weighted by molar-refractivity contribution is 8.00. The second kappa shape index (κ2) is 6.69. The summed E-state index contributed by atoms with van der Waals surface area (Å²) in [6.45, 7) is 6.25. The minimum Gasteiger partial charge on any atom is -0.455 e. The summed E-state index contributed by atoms with van der Waals surface area (Å²) in [4.78, 5) is 26.5. The predicted molar refractivity (Wildman–Crippen MR) is 92.1 cm³/mol. The molecule has 2 saturated heterocycles. The number of hydrogen-bond donors (Lipinski definition) is 1. The summed E-state index contributed by atoms with van der Waals surface area (Å²) < 4.78 is 11.4. The van der Waals surface area contributed by atoms with Crippen molar-refractivity contribution < 1.29 is 19.1 Å². The average molecular weight is 354 g/mol. The van der Waals surface area contributed by atoms with E-state index in [0.29, 0.717) is 17.9 Å². The lowest BCUT2D eigenvalue weighted by Gasteiger charge is -2.49. The maximum Gasteiger partial charge on any atom is 0.355 e. The molecule has 6 nitrogen and oxygen atoms in total. The molecule has 2 unspecified atom stereocenters. The topological polar surface area (TPSA) is 81.9 Å². The Labute approximate surface area is 147 Å². The first-order valence-electron chi connectivity index (χ1n) is 8.55. The van der Waals surface area contributed by atoms with Crippen molar-refractivity contribution in [2.24, 2.45) is 5.73 Å². The molecule has 0 bridgehead atoms. The van der Waals surface area contributed by atoms with Crippen LogP contribution in [0, 0.1) is 0 Å². The zero-order chi connectivity index (χ0) is 17.5. The van der Waals surface area contributed by atoms with Crippen molar-refractivity contribution in [2.45, 2.75) is 69.6 Å². The van der Waals surface area contributed by atoms with Crippen LogP contribution in [0.2, 0.25) is 0 Å². The van der Waals surface area contributed by atoms with Crippen molar-refractivity contribution in [1.29, 1.82) is 0 Å². The zero-order valence-corrected chi connectivity index (χ0v) is 15.4. The van der Waals surface area contributed by atoms with E-state index < -0.39 is 17.6 Å². The molecule has 3 rings (SSSR count). The molecule has 0 saturated carbocycles. The number of carbonyl (C=O) groups excluding carboxylic acids is 2.